The molecule has 0 aliphatic carbocycles. The van der Waals surface area contributed by atoms with Crippen molar-refractivity contribution in [2.24, 2.45) is 0 Å². The maximum atomic E-state index is 15.0. The van der Waals surface area contributed by atoms with Gasteiger partial charge >= 0.3 is 6.09 Å². The number of hydroxylamine groups is 1. The molecular formula is C20H21FN4O4. The summed E-state index contributed by atoms with van der Waals surface area (Å²) in [5, 5.41) is 9.77. The molecule has 0 atom stereocenters. The Morgan fingerprint density at radius 3 is 2.79 bits per heavy atom. The van der Waals surface area contributed by atoms with E-state index in [-0.39, 0.29) is 17.2 Å². The standard InChI is InChI=1S/C20H21FN4O4/c1-12-18-17(15-4-3-14(11-16(15)21)25(28-2)20(26)27)23-19(24(18)8-7-22-12)13-5-9-29-10-6-13/h3-4,7-8,11,13H,5-6,9-10H2,1-2H3,(H,26,27). The van der Waals surface area contributed by atoms with Crippen molar-refractivity contribution >= 4 is 17.3 Å². The topological polar surface area (TPSA) is 89.2 Å². The van der Waals surface area contributed by atoms with E-state index in [2.05, 4.69) is 4.98 Å². The first kappa shape index (κ1) is 19.3. The lowest BCUT2D eigenvalue weighted by molar-refractivity contribution is 0.0835. The van der Waals surface area contributed by atoms with Crippen molar-refractivity contribution in [2.45, 2.75) is 25.7 Å². The number of nitrogens with zero attached hydrogens (tertiary/aromatic N) is 4. The van der Waals surface area contributed by atoms with Crippen molar-refractivity contribution < 1.29 is 23.9 Å². The number of anilines is 1. The number of aromatic nitrogens is 3. The molecule has 0 radical (unpaired) electrons. The molecule has 3 heterocycles. The van der Waals surface area contributed by atoms with Gasteiger partial charge in [0.2, 0.25) is 0 Å². The van der Waals surface area contributed by atoms with Gasteiger partial charge in [-0.05, 0) is 31.9 Å². The zero-order valence-corrected chi connectivity index (χ0v) is 16.1. The van der Waals surface area contributed by atoms with Crippen LogP contribution in [-0.2, 0) is 9.57 Å². The van der Waals surface area contributed by atoms with Crippen LogP contribution in [-0.4, -0.2) is 45.9 Å². The van der Waals surface area contributed by atoms with E-state index in [9.17, 15) is 9.90 Å². The van der Waals surface area contributed by atoms with Crippen molar-refractivity contribution in [1.29, 1.82) is 0 Å². The number of hydrogen-bond donors (Lipinski definition) is 1. The number of hydrogen-bond acceptors (Lipinski definition) is 5. The van der Waals surface area contributed by atoms with Gasteiger partial charge in [0.25, 0.3) is 0 Å². The van der Waals surface area contributed by atoms with E-state index in [0.29, 0.717) is 24.0 Å². The average Bonchev–Trinajstić information content (AvgIpc) is 3.10. The van der Waals surface area contributed by atoms with E-state index in [1.54, 1.807) is 6.20 Å². The summed E-state index contributed by atoms with van der Waals surface area (Å²) in [6, 6.07) is 4.13. The molecule has 0 saturated carbocycles. The predicted molar refractivity (Wildman–Crippen MR) is 103 cm³/mol. The number of amides is 1. The van der Waals surface area contributed by atoms with Gasteiger partial charge in [0, 0.05) is 43.2 Å². The van der Waals surface area contributed by atoms with Crippen LogP contribution in [0.2, 0.25) is 0 Å². The summed E-state index contributed by atoms with van der Waals surface area (Å²) in [6.07, 6.45) is 3.91. The Morgan fingerprint density at radius 1 is 1.38 bits per heavy atom. The number of carbonyl (C=O) groups is 1. The van der Waals surface area contributed by atoms with Crippen molar-refractivity contribution in [3.05, 3.63) is 47.9 Å². The quantitative estimate of drug-likeness (QED) is 0.671. The first-order valence-corrected chi connectivity index (χ1v) is 9.29. The summed E-state index contributed by atoms with van der Waals surface area (Å²) in [5.74, 6) is 0.481. The first-order valence-electron chi connectivity index (χ1n) is 9.29. The second-order valence-corrected chi connectivity index (χ2v) is 6.86. The van der Waals surface area contributed by atoms with Crippen LogP contribution in [0, 0.1) is 12.7 Å². The molecule has 1 aliphatic heterocycles. The zero-order valence-electron chi connectivity index (χ0n) is 16.1. The van der Waals surface area contributed by atoms with Crippen LogP contribution in [0.3, 0.4) is 0 Å². The van der Waals surface area contributed by atoms with Crippen LogP contribution in [0.5, 0.6) is 0 Å². The Bertz CT molecular complexity index is 1060. The summed E-state index contributed by atoms with van der Waals surface area (Å²) in [4.78, 5) is 25.2. The van der Waals surface area contributed by atoms with Gasteiger partial charge in [0.05, 0.1) is 24.0 Å². The molecule has 1 saturated heterocycles. The van der Waals surface area contributed by atoms with Crippen molar-refractivity contribution in [1.82, 2.24) is 14.4 Å². The van der Waals surface area contributed by atoms with Gasteiger partial charge in [-0.1, -0.05) is 0 Å². The summed E-state index contributed by atoms with van der Waals surface area (Å²) < 4.78 is 22.5. The SMILES string of the molecule is CON(C(=O)O)c1ccc(-c2nc(C3CCOCC3)n3ccnc(C)c23)c(F)c1. The van der Waals surface area contributed by atoms with Crippen molar-refractivity contribution in [3.63, 3.8) is 0 Å². The van der Waals surface area contributed by atoms with Gasteiger partial charge in [-0.25, -0.2) is 14.2 Å². The lowest BCUT2D eigenvalue weighted by Gasteiger charge is -2.20. The number of imidazole rings is 1. The van der Waals surface area contributed by atoms with Gasteiger partial charge in [-0.15, -0.1) is 0 Å². The van der Waals surface area contributed by atoms with E-state index in [1.807, 2.05) is 17.5 Å². The molecule has 0 spiro atoms. The van der Waals surface area contributed by atoms with E-state index >= 15 is 4.39 Å². The Hall–Kier alpha value is -3.04. The van der Waals surface area contributed by atoms with E-state index in [0.717, 1.165) is 35.9 Å². The fourth-order valence-corrected chi connectivity index (χ4v) is 3.77. The lowest BCUT2D eigenvalue weighted by Crippen LogP contribution is -2.27. The van der Waals surface area contributed by atoms with Crippen LogP contribution in [0.25, 0.3) is 16.8 Å². The number of halogens is 1. The molecule has 1 aromatic carbocycles. The molecule has 9 heteroatoms. The molecule has 1 aliphatic rings. The number of aryl methyl sites for hydroxylation is 1. The lowest BCUT2D eigenvalue weighted by atomic mass is 9.99. The summed E-state index contributed by atoms with van der Waals surface area (Å²) in [6.45, 7) is 3.20. The summed E-state index contributed by atoms with van der Waals surface area (Å²) >= 11 is 0. The molecule has 3 aromatic rings. The smallest absolute Gasteiger partial charge is 0.436 e. The molecule has 4 rings (SSSR count). The fraction of sp³-hybridized carbons (Fsp3) is 0.350. The Morgan fingerprint density at radius 2 is 2.14 bits per heavy atom. The van der Waals surface area contributed by atoms with Crippen molar-refractivity contribution in [3.8, 4) is 11.3 Å². The number of carboxylic acid groups (broad SMARTS) is 1. The van der Waals surface area contributed by atoms with Crippen LogP contribution in [0.1, 0.15) is 30.3 Å². The number of ether oxygens (including phenoxy) is 1. The molecule has 0 bridgehead atoms. The molecule has 152 valence electrons. The highest BCUT2D eigenvalue weighted by Gasteiger charge is 2.25. The minimum Gasteiger partial charge on any atom is -0.463 e. The first-order chi connectivity index (χ1) is 14.0. The molecule has 1 fully saturated rings. The van der Waals surface area contributed by atoms with Gasteiger partial charge in [0.15, 0.2) is 0 Å². The normalized spacial score (nSPS) is 15.0. The third-order valence-corrected chi connectivity index (χ3v) is 5.15. The second kappa shape index (κ2) is 7.76. The molecule has 0 unspecified atom stereocenters. The molecule has 1 amide bonds. The summed E-state index contributed by atoms with van der Waals surface area (Å²) in [5.41, 5.74) is 2.31. The zero-order chi connectivity index (χ0) is 20.5. The second-order valence-electron chi connectivity index (χ2n) is 6.86. The summed E-state index contributed by atoms with van der Waals surface area (Å²) in [7, 11) is 1.21. The third kappa shape index (κ3) is 3.43. The molecule has 1 N–H and O–H groups in total. The molecule has 2 aromatic heterocycles. The predicted octanol–water partition coefficient (Wildman–Crippen LogP) is 3.78. The van der Waals surface area contributed by atoms with Crippen LogP contribution in [0.15, 0.2) is 30.6 Å². The minimum atomic E-state index is -1.34. The minimum absolute atomic E-state index is 0.0734. The molecule has 29 heavy (non-hydrogen) atoms. The Balaban J connectivity index is 1.85. The van der Waals surface area contributed by atoms with E-state index in [1.165, 1.54) is 19.2 Å². The monoisotopic (exact) mass is 400 g/mol. The molecule has 8 nitrogen and oxygen atoms in total. The molecular weight excluding hydrogens is 379 g/mol. The van der Waals surface area contributed by atoms with Gasteiger partial charge < -0.3 is 9.84 Å². The highest BCUT2D eigenvalue weighted by molar-refractivity contribution is 5.85. The average molecular weight is 400 g/mol. The van der Waals surface area contributed by atoms with E-state index in [4.69, 9.17) is 14.6 Å². The number of rotatable bonds is 4. The number of benzene rings is 1. The maximum absolute atomic E-state index is 15.0. The Labute approximate surface area is 166 Å². The van der Waals surface area contributed by atoms with Crippen molar-refractivity contribution in [2.75, 3.05) is 25.4 Å². The highest BCUT2D eigenvalue weighted by Crippen LogP contribution is 2.35. The van der Waals surface area contributed by atoms with Gasteiger partial charge in [0.1, 0.15) is 17.3 Å². The largest absolute Gasteiger partial charge is 0.463 e. The fourth-order valence-electron chi connectivity index (χ4n) is 3.77. The highest BCUT2D eigenvalue weighted by atomic mass is 19.1. The van der Waals surface area contributed by atoms with Gasteiger partial charge in [-0.2, -0.15) is 5.06 Å². The third-order valence-electron chi connectivity index (χ3n) is 5.15. The van der Waals surface area contributed by atoms with Gasteiger partial charge in [-0.3, -0.25) is 14.2 Å². The maximum Gasteiger partial charge on any atom is 0.436 e. The van der Waals surface area contributed by atoms with Crippen LogP contribution < -0.4 is 5.06 Å². The number of fused-ring (bicyclic) bond motifs is 1. The van der Waals surface area contributed by atoms with Crippen LogP contribution in [0.4, 0.5) is 14.9 Å². The van der Waals surface area contributed by atoms with E-state index < -0.39 is 11.9 Å². The van der Waals surface area contributed by atoms with Crippen LogP contribution >= 0.6 is 0 Å². The Kier molecular flexibility index (Phi) is 5.16.